The van der Waals surface area contributed by atoms with E-state index < -0.39 is 14.3 Å². The van der Waals surface area contributed by atoms with E-state index in [9.17, 15) is 0 Å². The molecule has 0 aromatic heterocycles. The summed E-state index contributed by atoms with van der Waals surface area (Å²) in [6.07, 6.45) is 6.79. The van der Waals surface area contributed by atoms with Crippen LogP contribution in [0.1, 0.15) is 0 Å². The third kappa shape index (κ3) is 1.49. The summed E-state index contributed by atoms with van der Waals surface area (Å²) in [6, 6.07) is 0. The van der Waals surface area contributed by atoms with Gasteiger partial charge in [0.1, 0.15) is 0 Å². The second-order valence-electron chi connectivity index (χ2n) is 1.90. The molecule has 0 spiro atoms. The van der Waals surface area contributed by atoms with Gasteiger partial charge in [-0.15, -0.1) is 0 Å². The Hall–Kier alpha value is -0.423. The van der Waals surface area contributed by atoms with E-state index >= 15 is 0 Å². The van der Waals surface area contributed by atoms with E-state index in [0.29, 0.717) is 0 Å². The van der Waals surface area contributed by atoms with E-state index in [2.05, 4.69) is 14.4 Å². The van der Waals surface area contributed by atoms with Gasteiger partial charge in [0.2, 0.25) is 0 Å². The number of hydrogen-bond donors (Lipinski definition) is 3. The topological polar surface area (TPSA) is 60.7 Å². The fourth-order valence-electron chi connectivity index (χ4n) is 0.668. The molecule has 4 heteroatoms. The van der Waals surface area contributed by atoms with Crippen molar-refractivity contribution in [2.75, 3.05) is 0 Å². The summed E-state index contributed by atoms with van der Waals surface area (Å²) in [5.74, 6) is 0. The molecule has 3 nitrogen and oxygen atoms in total. The molecule has 0 amide bonds. The molecule has 3 N–H and O–H groups in total. The molecular weight excluding hydrogens is 136 g/mol. The zero-order valence-electron chi connectivity index (χ0n) is 7.61. The van der Waals surface area contributed by atoms with Gasteiger partial charge in [0, 0.05) is 0 Å². The molecular formula is C5H8O3Si. The lowest BCUT2D eigenvalue weighted by atomic mass is 10.5. The first kappa shape index (κ1) is 3.67. The molecule has 0 aliphatic heterocycles. The zero-order valence-corrected chi connectivity index (χ0v) is 5.61. The lowest BCUT2D eigenvalue weighted by Gasteiger charge is -2.12. The van der Waals surface area contributed by atoms with Crippen LogP contribution in [0.25, 0.3) is 0 Å². The van der Waals surface area contributed by atoms with Crippen molar-refractivity contribution < 1.29 is 14.4 Å². The van der Waals surface area contributed by atoms with E-state index in [1.165, 1.54) is 0 Å². The maximum Gasteiger partial charge on any atom is 0.504 e. The molecule has 0 unspecified atom stereocenters. The second kappa shape index (κ2) is 2.07. The highest BCUT2D eigenvalue weighted by Crippen LogP contribution is 2.21. The first-order chi connectivity index (χ1) is 5.79. The van der Waals surface area contributed by atoms with Gasteiger partial charge in [0.15, 0.2) is 4.29 Å². The van der Waals surface area contributed by atoms with Crippen molar-refractivity contribution in [3.8, 4) is 0 Å². The van der Waals surface area contributed by atoms with Crippen molar-refractivity contribution in [1.29, 1.82) is 4.29 Å². The van der Waals surface area contributed by atoms with Crippen molar-refractivity contribution in [1.82, 2.24) is 0 Å². The maximum atomic E-state index is 6.68. The Bertz CT molecular complexity index is 184. The van der Waals surface area contributed by atoms with Crippen LogP contribution in [0, 0.1) is 0 Å². The fourth-order valence-corrected chi connectivity index (χ4v) is 1.36. The van der Waals surface area contributed by atoms with E-state index in [1.807, 2.05) is 0 Å². The van der Waals surface area contributed by atoms with Crippen LogP contribution in [0.5, 0.6) is 0 Å². The molecule has 9 heavy (non-hydrogen) atoms. The Morgan fingerprint density at radius 2 is 1.78 bits per heavy atom. The fraction of sp³-hybridized carbons (Fsp3) is 0.200. The van der Waals surface area contributed by atoms with Gasteiger partial charge in [-0.25, -0.2) is 0 Å². The van der Waals surface area contributed by atoms with Gasteiger partial charge in [0.25, 0.3) is 0 Å². The first-order valence-electron chi connectivity index (χ1n) is 3.79. The largest absolute Gasteiger partial charge is 0.504 e. The van der Waals surface area contributed by atoms with Gasteiger partial charge in [-0.05, 0) is 0 Å². The van der Waals surface area contributed by atoms with Crippen LogP contribution in [0.2, 0.25) is 5.54 Å². The summed E-state index contributed by atoms with van der Waals surface area (Å²) in [5.41, 5.74) is -0.398. The Balaban J connectivity index is 2.76. The van der Waals surface area contributed by atoms with E-state index in [-0.39, 0.29) is 0 Å². The molecule has 1 aliphatic rings. The number of rotatable bonds is 4. The van der Waals surface area contributed by atoms with Crippen molar-refractivity contribution in [3.05, 3.63) is 24.3 Å². The normalized spacial score (nSPS) is 23.8. The minimum absolute atomic E-state index is 0.398. The summed E-state index contributed by atoms with van der Waals surface area (Å²) in [7, 11) is -3.46. The maximum absolute atomic E-state index is 6.68. The van der Waals surface area contributed by atoms with E-state index in [0.717, 1.165) is 0 Å². The quantitative estimate of drug-likeness (QED) is 0.469. The highest BCUT2D eigenvalue weighted by molar-refractivity contribution is 6.59. The Kier molecular flexibility index (Phi) is 0.846. The van der Waals surface area contributed by atoms with Crippen LogP contribution < -0.4 is 0 Å². The highest BCUT2D eigenvalue weighted by Gasteiger charge is 2.36. The molecule has 1 aliphatic carbocycles. The smallest absolute Gasteiger partial charge is 0.389 e. The Morgan fingerprint density at radius 3 is 2.22 bits per heavy atom. The molecule has 0 bridgehead atoms. The molecule has 0 atom stereocenters. The van der Waals surface area contributed by atoms with E-state index in [4.69, 9.17) is 4.29 Å². The highest BCUT2D eigenvalue weighted by atomic mass is 28.4. The Labute approximate surface area is 58.4 Å². The second-order valence-corrected chi connectivity index (χ2v) is 3.77. The number of allylic oxidation sites excluding steroid dienone is 4. The third-order valence-electron chi connectivity index (χ3n) is 1.16. The lowest BCUT2D eigenvalue weighted by Crippen LogP contribution is -2.38. The summed E-state index contributed by atoms with van der Waals surface area (Å²) in [5, 5.41) is 0. The summed E-state index contributed by atoms with van der Waals surface area (Å²) < 4.78 is 20.0. The lowest BCUT2D eigenvalue weighted by molar-refractivity contribution is 0.224. The van der Waals surface area contributed by atoms with Gasteiger partial charge >= 0.3 is 8.80 Å². The predicted molar refractivity (Wildman–Crippen MR) is 34.4 cm³/mol. The van der Waals surface area contributed by atoms with Gasteiger partial charge in [-0.1, -0.05) is 24.3 Å². The number of hydrogen-bond acceptors (Lipinski definition) is 3. The van der Waals surface area contributed by atoms with Gasteiger partial charge in [-0.3, -0.25) is 0 Å². The molecule has 0 fully saturated rings. The summed E-state index contributed by atoms with van der Waals surface area (Å²) in [4.78, 5) is 12.6. The molecule has 0 saturated heterocycles. The summed E-state index contributed by atoms with van der Waals surface area (Å²) in [6.45, 7) is 0. The summed E-state index contributed by atoms with van der Waals surface area (Å²) >= 11 is 0. The van der Waals surface area contributed by atoms with Crippen molar-refractivity contribution in [3.63, 3.8) is 0 Å². The van der Waals surface area contributed by atoms with Gasteiger partial charge < -0.3 is 14.4 Å². The molecule has 0 saturated carbocycles. The third-order valence-corrected chi connectivity index (χ3v) is 2.36. The van der Waals surface area contributed by atoms with Crippen molar-refractivity contribution >= 4 is 8.80 Å². The molecule has 50 valence electrons. The molecule has 0 radical (unpaired) electrons. The van der Waals surface area contributed by atoms with Crippen molar-refractivity contribution in [2.45, 2.75) is 5.54 Å². The van der Waals surface area contributed by atoms with Crippen LogP contribution in [0.3, 0.4) is 0 Å². The van der Waals surface area contributed by atoms with Crippen LogP contribution >= 0.6 is 0 Å². The monoisotopic (exact) mass is 150 g/mol. The SMILES string of the molecule is [3H]O[Si](O[3H])(O[3H])C1C=CC=C1. The van der Waals surface area contributed by atoms with Gasteiger partial charge in [0.05, 0.1) is 5.54 Å². The van der Waals surface area contributed by atoms with E-state index in [1.54, 1.807) is 24.3 Å². The van der Waals surface area contributed by atoms with Crippen molar-refractivity contribution in [2.24, 2.45) is 0 Å². The zero-order chi connectivity index (χ0) is 9.03. The Morgan fingerprint density at radius 1 is 1.22 bits per heavy atom. The van der Waals surface area contributed by atoms with Crippen LogP contribution in [-0.2, 0) is 0 Å². The molecule has 0 heterocycles. The van der Waals surface area contributed by atoms with Crippen LogP contribution in [-0.4, -0.2) is 27.5 Å². The first-order valence-corrected chi connectivity index (χ1v) is 4.37. The average molecular weight is 150 g/mol. The van der Waals surface area contributed by atoms with Crippen LogP contribution in [0.4, 0.5) is 0 Å². The average Bonchev–Trinajstić information content (AvgIpc) is 2.62. The predicted octanol–water partition coefficient (Wildman–Crippen LogP) is -0.602. The molecule has 0 aromatic rings. The van der Waals surface area contributed by atoms with Gasteiger partial charge in [-0.2, -0.15) is 0 Å². The van der Waals surface area contributed by atoms with Crippen LogP contribution in [0.15, 0.2) is 24.3 Å². The minimum atomic E-state index is -3.46. The standard InChI is InChI=1S/C5H8O3Si/c6-9(7,8)5-3-1-2-4-5/h1-8H/i6T,7T,8T. The molecule has 0 aromatic carbocycles. The molecule has 1 rings (SSSR count). The minimum Gasteiger partial charge on any atom is -0.389 e.